The highest BCUT2D eigenvalue weighted by Crippen LogP contribution is 2.15. The van der Waals surface area contributed by atoms with Crippen LogP contribution in [-0.2, 0) is 12.8 Å². The van der Waals surface area contributed by atoms with E-state index in [1.807, 2.05) is 10.8 Å². The van der Waals surface area contributed by atoms with Gasteiger partial charge in [-0.25, -0.2) is 0 Å². The van der Waals surface area contributed by atoms with E-state index in [4.69, 9.17) is 10.2 Å². The third-order valence-electron chi connectivity index (χ3n) is 1.60. The van der Waals surface area contributed by atoms with Gasteiger partial charge < -0.3 is 10.2 Å². The van der Waals surface area contributed by atoms with E-state index in [1.54, 1.807) is 11.3 Å². The summed E-state index contributed by atoms with van der Waals surface area (Å²) >= 11 is 1.62. The molecule has 0 radical (unpaired) electrons. The molecule has 1 aromatic heterocycles. The van der Waals surface area contributed by atoms with Crippen LogP contribution in [0.1, 0.15) is 11.1 Å². The standard InChI is InChI=1S/C8H12O2S/c9-3-1-7-5-11-6-8(7)2-4-10/h5-6,9-10H,1-4H2. The molecule has 0 saturated heterocycles. The van der Waals surface area contributed by atoms with E-state index < -0.39 is 0 Å². The second kappa shape index (κ2) is 4.49. The first kappa shape index (κ1) is 8.71. The first-order chi connectivity index (χ1) is 5.38. The topological polar surface area (TPSA) is 40.5 Å². The van der Waals surface area contributed by atoms with Gasteiger partial charge in [-0.1, -0.05) is 0 Å². The summed E-state index contributed by atoms with van der Waals surface area (Å²) in [7, 11) is 0. The highest BCUT2D eigenvalue weighted by molar-refractivity contribution is 7.08. The van der Waals surface area contributed by atoms with Crippen molar-refractivity contribution in [2.45, 2.75) is 12.8 Å². The Hall–Kier alpha value is -0.380. The molecule has 0 unspecified atom stereocenters. The predicted octanol–water partition coefficient (Wildman–Crippen LogP) is 0.818. The first-order valence-electron chi connectivity index (χ1n) is 3.64. The lowest BCUT2D eigenvalue weighted by atomic mass is 10.1. The fourth-order valence-electron chi connectivity index (χ4n) is 1.03. The molecule has 0 saturated carbocycles. The molecule has 0 bridgehead atoms. The number of thiophene rings is 1. The SMILES string of the molecule is OCCc1cscc1CCO. The van der Waals surface area contributed by atoms with Crippen LogP contribution in [0.2, 0.25) is 0 Å². The van der Waals surface area contributed by atoms with E-state index in [-0.39, 0.29) is 13.2 Å². The molecule has 0 aliphatic heterocycles. The minimum atomic E-state index is 0.190. The minimum absolute atomic E-state index is 0.190. The summed E-state index contributed by atoms with van der Waals surface area (Å²) in [5.41, 5.74) is 2.35. The Kier molecular flexibility index (Phi) is 3.56. The quantitative estimate of drug-likeness (QED) is 0.706. The van der Waals surface area contributed by atoms with Crippen molar-refractivity contribution < 1.29 is 10.2 Å². The molecule has 0 aliphatic carbocycles. The zero-order valence-corrected chi connectivity index (χ0v) is 7.10. The molecule has 1 rings (SSSR count). The van der Waals surface area contributed by atoms with Gasteiger partial charge in [0.1, 0.15) is 0 Å². The van der Waals surface area contributed by atoms with Gasteiger partial charge in [0, 0.05) is 13.2 Å². The molecule has 11 heavy (non-hydrogen) atoms. The van der Waals surface area contributed by atoms with Crippen molar-refractivity contribution in [2.75, 3.05) is 13.2 Å². The average molecular weight is 172 g/mol. The molecule has 0 spiro atoms. The van der Waals surface area contributed by atoms with Crippen LogP contribution in [0.5, 0.6) is 0 Å². The maximum absolute atomic E-state index is 8.67. The molecule has 62 valence electrons. The number of rotatable bonds is 4. The lowest BCUT2D eigenvalue weighted by molar-refractivity contribution is 0.293. The van der Waals surface area contributed by atoms with Gasteiger partial charge in [0.25, 0.3) is 0 Å². The Morgan fingerprint density at radius 1 is 1.00 bits per heavy atom. The third kappa shape index (κ3) is 2.29. The Bertz CT molecular complexity index is 187. The fraction of sp³-hybridized carbons (Fsp3) is 0.500. The van der Waals surface area contributed by atoms with Crippen molar-refractivity contribution in [3.63, 3.8) is 0 Å². The Balaban J connectivity index is 2.62. The second-order valence-electron chi connectivity index (χ2n) is 2.37. The van der Waals surface area contributed by atoms with Crippen molar-refractivity contribution >= 4 is 11.3 Å². The smallest absolute Gasteiger partial charge is 0.0471 e. The summed E-state index contributed by atoms with van der Waals surface area (Å²) in [6.07, 6.45) is 1.41. The van der Waals surface area contributed by atoms with Crippen LogP contribution < -0.4 is 0 Å². The van der Waals surface area contributed by atoms with Crippen molar-refractivity contribution in [1.82, 2.24) is 0 Å². The van der Waals surface area contributed by atoms with Crippen LogP contribution in [0.3, 0.4) is 0 Å². The van der Waals surface area contributed by atoms with E-state index in [0.29, 0.717) is 12.8 Å². The van der Waals surface area contributed by atoms with Crippen molar-refractivity contribution in [2.24, 2.45) is 0 Å². The summed E-state index contributed by atoms with van der Waals surface area (Å²) in [5.74, 6) is 0. The Morgan fingerprint density at radius 3 is 1.82 bits per heavy atom. The van der Waals surface area contributed by atoms with Crippen molar-refractivity contribution in [1.29, 1.82) is 0 Å². The van der Waals surface area contributed by atoms with Crippen LogP contribution in [0.4, 0.5) is 0 Å². The van der Waals surface area contributed by atoms with Gasteiger partial charge in [-0.3, -0.25) is 0 Å². The van der Waals surface area contributed by atoms with E-state index >= 15 is 0 Å². The zero-order valence-electron chi connectivity index (χ0n) is 6.29. The Labute approximate surface area is 70.1 Å². The molecule has 2 N–H and O–H groups in total. The predicted molar refractivity (Wildman–Crippen MR) is 45.9 cm³/mol. The maximum Gasteiger partial charge on any atom is 0.0471 e. The summed E-state index contributed by atoms with van der Waals surface area (Å²) in [5, 5.41) is 21.4. The zero-order chi connectivity index (χ0) is 8.10. The highest BCUT2D eigenvalue weighted by Gasteiger charge is 2.01. The van der Waals surface area contributed by atoms with Crippen LogP contribution in [0.25, 0.3) is 0 Å². The molecule has 0 aliphatic rings. The first-order valence-corrected chi connectivity index (χ1v) is 4.58. The van der Waals surface area contributed by atoms with Crippen LogP contribution in [0, 0.1) is 0 Å². The van der Waals surface area contributed by atoms with E-state index in [9.17, 15) is 0 Å². The molecular weight excluding hydrogens is 160 g/mol. The van der Waals surface area contributed by atoms with Gasteiger partial charge >= 0.3 is 0 Å². The number of aliphatic hydroxyl groups is 2. The summed E-state index contributed by atoms with van der Waals surface area (Å²) in [4.78, 5) is 0. The van der Waals surface area contributed by atoms with Gasteiger partial charge in [0.15, 0.2) is 0 Å². The number of hydrogen-bond acceptors (Lipinski definition) is 3. The third-order valence-corrected chi connectivity index (χ3v) is 2.44. The molecule has 1 aromatic rings. The Morgan fingerprint density at radius 2 is 1.45 bits per heavy atom. The van der Waals surface area contributed by atoms with E-state index in [2.05, 4.69) is 0 Å². The van der Waals surface area contributed by atoms with Gasteiger partial charge in [-0.2, -0.15) is 11.3 Å². The normalized spacial score (nSPS) is 10.4. The van der Waals surface area contributed by atoms with E-state index in [0.717, 1.165) is 0 Å². The van der Waals surface area contributed by atoms with Crippen LogP contribution in [-0.4, -0.2) is 23.4 Å². The molecule has 0 aromatic carbocycles. The monoisotopic (exact) mass is 172 g/mol. The highest BCUT2D eigenvalue weighted by atomic mass is 32.1. The maximum atomic E-state index is 8.67. The van der Waals surface area contributed by atoms with Gasteiger partial charge in [-0.05, 0) is 34.7 Å². The summed E-state index contributed by atoms with van der Waals surface area (Å²) in [6.45, 7) is 0.379. The van der Waals surface area contributed by atoms with Crippen molar-refractivity contribution in [3.8, 4) is 0 Å². The molecule has 2 nitrogen and oxygen atoms in total. The molecule has 1 heterocycles. The average Bonchev–Trinajstić information content (AvgIpc) is 2.39. The van der Waals surface area contributed by atoms with E-state index in [1.165, 1.54) is 11.1 Å². The van der Waals surface area contributed by atoms with Gasteiger partial charge in [-0.15, -0.1) is 0 Å². The van der Waals surface area contributed by atoms with Gasteiger partial charge in [0.05, 0.1) is 0 Å². The molecule has 0 atom stereocenters. The lowest BCUT2D eigenvalue weighted by Crippen LogP contribution is -1.96. The molecule has 3 heteroatoms. The molecule has 0 fully saturated rings. The summed E-state index contributed by atoms with van der Waals surface area (Å²) < 4.78 is 0. The number of hydrogen-bond donors (Lipinski definition) is 2. The van der Waals surface area contributed by atoms with Gasteiger partial charge in [0.2, 0.25) is 0 Å². The molecule has 0 amide bonds. The fourth-order valence-corrected chi connectivity index (χ4v) is 1.96. The largest absolute Gasteiger partial charge is 0.396 e. The minimum Gasteiger partial charge on any atom is -0.396 e. The van der Waals surface area contributed by atoms with Crippen LogP contribution in [0.15, 0.2) is 10.8 Å². The number of aliphatic hydroxyl groups excluding tert-OH is 2. The lowest BCUT2D eigenvalue weighted by Gasteiger charge is -1.98. The van der Waals surface area contributed by atoms with Crippen LogP contribution >= 0.6 is 11.3 Å². The molecular formula is C8H12O2S. The van der Waals surface area contributed by atoms with Crippen molar-refractivity contribution in [3.05, 3.63) is 21.9 Å². The second-order valence-corrected chi connectivity index (χ2v) is 3.11. The summed E-state index contributed by atoms with van der Waals surface area (Å²) in [6, 6.07) is 0.